The number of aliphatic carboxylic acids is 1. The van der Waals surface area contributed by atoms with Gasteiger partial charge in [0.1, 0.15) is 5.72 Å². The highest BCUT2D eigenvalue weighted by Gasteiger charge is 2.39. The molecule has 3 aliphatic heterocycles. The second-order valence-corrected chi connectivity index (χ2v) is 17.3. The lowest BCUT2D eigenvalue weighted by atomic mass is 9.84. The number of thioether (sulfide) groups is 1. The number of aromatic nitrogens is 4. The van der Waals surface area contributed by atoms with Crippen LogP contribution in [-0.4, -0.2) is 72.5 Å². The van der Waals surface area contributed by atoms with E-state index < -0.39 is 22.6 Å². The minimum absolute atomic E-state index is 0.102. The van der Waals surface area contributed by atoms with Crippen molar-refractivity contribution in [2.45, 2.75) is 110 Å². The zero-order chi connectivity index (χ0) is 40.7. The molecule has 6 rings (SSSR count). The zero-order valence-electron chi connectivity index (χ0n) is 33.7. The van der Waals surface area contributed by atoms with Crippen LogP contribution in [0.25, 0.3) is 39.3 Å². The molecule has 6 N–H and O–H groups in total. The fourth-order valence-corrected chi connectivity index (χ4v) is 8.94. The number of carboxylic acids is 1. The maximum absolute atomic E-state index is 14.7. The minimum atomic E-state index is -1.03. The molecular formula is C43H54N6O6S. The van der Waals surface area contributed by atoms with Crippen molar-refractivity contribution in [3.05, 3.63) is 75.4 Å². The third-order valence-electron chi connectivity index (χ3n) is 11.1. The van der Waals surface area contributed by atoms with Crippen LogP contribution in [0.5, 0.6) is 0 Å². The molecule has 6 heterocycles. The van der Waals surface area contributed by atoms with E-state index in [0.717, 1.165) is 56.4 Å². The number of nitrogens with one attached hydrogen (secondary N) is 3. The number of amides is 1. The number of carbonyl (C=O) groups excluding carboxylic acids is 2. The summed E-state index contributed by atoms with van der Waals surface area (Å²) in [5.41, 5.74) is 16.3. The van der Waals surface area contributed by atoms with Gasteiger partial charge in [0, 0.05) is 75.9 Å². The molecule has 0 spiro atoms. The SMILES string of the molecule is C=Cc1c(C)c2cc3nc(c4c5nc(cc6[nH]c(cc1[nH]2)c(C)c6CC)C(C)=C5C(=O)OC(C)(CCOC(C)(C)N)SCCNC(=O)C4)[C@@H](CCC(=O)O)[C@@H]3C. The molecule has 56 heavy (non-hydrogen) atoms. The minimum Gasteiger partial charge on any atom is -0.481 e. The van der Waals surface area contributed by atoms with Gasteiger partial charge < -0.3 is 35.6 Å². The predicted molar refractivity (Wildman–Crippen MR) is 223 cm³/mol. The molecule has 8 bridgehead atoms. The maximum Gasteiger partial charge on any atom is 0.342 e. The summed E-state index contributed by atoms with van der Waals surface area (Å²) in [6, 6.07) is 6.05. The van der Waals surface area contributed by atoms with Crippen LogP contribution in [0.1, 0.15) is 123 Å². The number of nitrogens with zero attached hydrogens (tertiary/aromatic N) is 2. The number of aryl methyl sites for hydroxylation is 3. The molecule has 3 atom stereocenters. The smallest absolute Gasteiger partial charge is 0.342 e. The van der Waals surface area contributed by atoms with Crippen LogP contribution in [0.2, 0.25) is 0 Å². The first-order valence-electron chi connectivity index (χ1n) is 19.3. The van der Waals surface area contributed by atoms with Crippen molar-refractivity contribution in [3.63, 3.8) is 0 Å². The van der Waals surface area contributed by atoms with Gasteiger partial charge in [0.25, 0.3) is 0 Å². The van der Waals surface area contributed by atoms with Crippen LogP contribution in [0.4, 0.5) is 0 Å². The van der Waals surface area contributed by atoms with Crippen molar-refractivity contribution < 1.29 is 29.0 Å². The maximum atomic E-state index is 14.7. The standard InChI is InChI=1S/C43H54N6O6S/c1-10-26-22(3)30-19-32-24(5)28(12-13-37(51)52)39(48-32)29-18-36(50)45-15-17-56-43(9,14-16-54-42(7,8)44)55-41(53)38-25(6)33(49-40(29)38)21-35-27(11-2)23(4)31(47-35)20-34(26)46-30/h10,19-21,24,28,46-47H,1,11-18,44H2,2-9H3,(H,45,50)(H,51,52)/t24-,28-,43?/m0/s1. The van der Waals surface area contributed by atoms with Gasteiger partial charge in [0.15, 0.2) is 4.93 Å². The molecule has 3 aromatic heterocycles. The number of hydrogen-bond donors (Lipinski definition) is 5. The first-order valence-corrected chi connectivity index (χ1v) is 20.3. The van der Waals surface area contributed by atoms with Gasteiger partial charge in [-0.3, -0.25) is 14.6 Å². The monoisotopic (exact) mass is 782 g/mol. The summed E-state index contributed by atoms with van der Waals surface area (Å²) in [6.07, 6.45) is 2.99. The summed E-state index contributed by atoms with van der Waals surface area (Å²) >= 11 is 1.42. The normalized spacial score (nSPS) is 20.6. The lowest BCUT2D eigenvalue weighted by Gasteiger charge is -2.31. The van der Waals surface area contributed by atoms with Gasteiger partial charge in [-0.2, -0.15) is 0 Å². The fourth-order valence-electron chi connectivity index (χ4n) is 7.94. The topological polar surface area (TPSA) is 185 Å². The van der Waals surface area contributed by atoms with Crippen LogP contribution < -0.4 is 11.1 Å². The third kappa shape index (κ3) is 8.35. The summed E-state index contributed by atoms with van der Waals surface area (Å²) in [5, 5.41) is 12.9. The zero-order valence-corrected chi connectivity index (χ0v) is 34.5. The van der Waals surface area contributed by atoms with Crippen molar-refractivity contribution >= 4 is 68.9 Å². The van der Waals surface area contributed by atoms with Gasteiger partial charge in [0.05, 0.1) is 35.7 Å². The lowest BCUT2D eigenvalue weighted by molar-refractivity contribution is -0.145. The molecule has 0 saturated carbocycles. The van der Waals surface area contributed by atoms with E-state index in [-0.39, 0.29) is 49.2 Å². The Morgan fingerprint density at radius 3 is 2.52 bits per heavy atom. The Morgan fingerprint density at radius 1 is 1.12 bits per heavy atom. The van der Waals surface area contributed by atoms with E-state index >= 15 is 0 Å². The molecule has 0 radical (unpaired) electrons. The van der Waals surface area contributed by atoms with Crippen molar-refractivity contribution in [1.29, 1.82) is 0 Å². The van der Waals surface area contributed by atoms with Crippen molar-refractivity contribution in [2.75, 3.05) is 18.9 Å². The Hall–Kier alpha value is -4.72. The highest BCUT2D eigenvalue weighted by molar-refractivity contribution is 8.00. The van der Waals surface area contributed by atoms with Crippen LogP contribution in [0.3, 0.4) is 0 Å². The lowest BCUT2D eigenvalue weighted by Crippen LogP contribution is -2.38. The Bertz CT molecular complexity index is 2300. The Labute approximate surface area is 332 Å². The molecule has 12 nitrogen and oxygen atoms in total. The molecule has 0 aliphatic carbocycles. The number of carboxylic acid groups (broad SMARTS) is 1. The quantitative estimate of drug-likeness (QED) is 0.107. The number of esters is 1. The molecule has 3 aliphatic rings. The highest BCUT2D eigenvalue weighted by Crippen LogP contribution is 2.45. The summed E-state index contributed by atoms with van der Waals surface area (Å²) in [7, 11) is 0. The van der Waals surface area contributed by atoms with Gasteiger partial charge in [-0.25, -0.2) is 9.78 Å². The Balaban J connectivity index is 1.72. The van der Waals surface area contributed by atoms with Gasteiger partial charge in [-0.15, -0.1) is 11.8 Å². The van der Waals surface area contributed by atoms with E-state index in [0.29, 0.717) is 46.9 Å². The molecule has 298 valence electrons. The van der Waals surface area contributed by atoms with Gasteiger partial charge in [-0.1, -0.05) is 26.5 Å². The molecule has 1 amide bonds. The van der Waals surface area contributed by atoms with Gasteiger partial charge in [-0.05, 0) is 94.8 Å². The molecule has 13 heteroatoms. The highest BCUT2D eigenvalue weighted by atomic mass is 32.2. The van der Waals surface area contributed by atoms with Gasteiger partial charge in [0.2, 0.25) is 5.91 Å². The summed E-state index contributed by atoms with van der Waals surface area (Å²) in [5.74, 6) is -1.89. The number of H-pyrrole nitrogens is 2. The second-order valence-electron chi connectivity index (χ2n) is 15.7. The van der Waals surface area contributed by atoms with E-state index in [1.807, 2.05) is 45.9 Å². The van der Waals surface area contributed by atoms with E-state index in [1.54, 1.807) is 13.8 Å². The third-order valence-corrected chi connectivity index (χ3v) is 12.4. The van der Waals surface area contributed by atoms with Crippen LogP contribution in [-0.2, 0) is 36.7 Å². The molecule has 0 saturated heterocycles. The van der Waals surface area contributed by atoms with E-state index in [1.165, 1.54) is 11.8 Å². The number of allylic oxidation sites excluding steroid dienone is 1. The fraction of sp³-hybridized carbons (Fsp3) is 0.465. The number of ether oxygens (including phenoxy) is 2. The Morgan fingerprint density at radius 2 is 1.84 bits per heavy atom. The number of aromatic amines is 2. The molecule has 1 unspecified atom stereocenters. The van der Waals surface area contributed by atoms with Crippen molar-refractivity contribution in [1.82, 2.24) is 25.3 Å². The van der Waals surface area contributed by atoms with Crippen LogP contribution in [0, 0.1) is 13.8 Å². The van der Waals surface area contributed by atoms with E-state index in [9.17, 15) is 19.5 Å². The summed E-state index contributed by atoms with van der Waals surface area (Å²) < 4.78 is 12.3. The predicted octanol–water partition coefficient (Wildman–Crippen LogP) is 7.59. The second kappa shape index (κ2) is 16.0. The average molecular weight is 783 g/mol. The number of carbonyl (C=O) groups is 3. The number of cyclic esters (lactones) is 1. The number of nitrogens with two attached hydrogens (primary N) is 1. The number of rotatable bonds is 9. The number of fused-ring (bicyclic) bond motifs is 8. The molecule has 3 aromatic rings. The first-order chi connectivity index (χ1) is 26.4. The summed E-state index contributed by atoms with van der Waals surface area (Å²) in [4.78, 5) is 57.3. The average Bonchev–Trinajstić information content (AvgIpc) is 3.80. The largest absolute Gasteiger partial charge is 0.481 e. The van der Waals surface area contributed by atoms with Crippen molar-refractivity contribution in [3.8, 4) is 0 Å². The number of hydrogen-bond acceptors (Lipinski definition) is 9. The molecule has 0 fully saturated rings. The van der Waals surface area contributed by atoms with Crippen LogP contribution in [0.15, 0.2) is 24.8 Å². The first kappa shape index (κ1) is 40.9. The van der Waals surface area contributed by atoms with Gasteiger partial charge >= 0.3 is 11.9 Å². The molecular weight excluding hydrogens is 729 g/mol. The summed E-state index contributed by atoms with van der Waals surface area (Å²) in [6.45, 7) is 20.2. The molecule has 0 aromatic carbocycles. The van der Waals surface area contributed by atoms with E-state index in [4.69, 9.17) is 25.2 Å². The van der Waals surface area contributed by atoms with Crippen LogP contribution >= 0.6 is 11.8 Å². The van der Waals surface area contributed by atoms with E-state index in [2.05, 4.69) is 41.8 Å². The van der Waals surface area contributed by atoms with Crippen molar-refractivity contribution in [2.24, 2.45) is 5.73 Å². The Kier molecular flexibility index (Phi) is 11.7.